The Morgan fingerprint density at radius 1 is 0.889 bits per heavy atom. The third kappa shape index (κ3) is 8.09. The van der Waals surface area contributed by atoms with Crippen molar-refractivity contribution < 1.29 is 9.47 Å². The van der Waals surface area contributed by atoms with Crippen molar-refractivity contribution in [2.45, 2.75) is 26.2 Å². The Morgan fingerprint density at radius 2 is 1.56 bits per heavy atom. The average molecular weight is 251 g/mol. The molecule has 0 bridgehead atoms. The lowest BCUT2D eigenvalue weighted by atomic mass is 10.3. The van der Waals surface area contributed by atoms with Crippen LogP contribution in [0.1, 0.15) is 26.2 Å². The Hall–Kier alpha value is -1.06. The molecule has 0 unspecified atom stereocenters. The summed E-state index contributed by atoms with van der Waals surface area (Å²) in [5.41, 5.74) is 1.17. The van der Waals surface area contributed by atoms with E-state index in [4.69, 9.17) is 9.47 Å². The molecule has 0 saturated carbocycles. The molecule has 0 spiro atoms. The number of ether oxygens (including phenoxy) is 2. The van der Waals surface area contributed by atoms with Gasteiger partial charge in [-0.25, -0.2) is 0 Å². The van der Waals surface area contributed by atoms with E-state index in [1.807, 2.05) is 18.2 Å². The molecule has 1 aromatic rings. The normalized spacial score (nSPS) is 10.5. The van der Waals surface area contributed by atoms with Crippen LogP contribution in [0.5, 0.6) is 0 Å². The summed E-state index contributed by atoms with van der Waals surface area (Å²) in [6, 6.07) is 10.2. The number of anilines is 1. The second-order valence-electron chi connectivity index (χ2n) is 4.22. The molecule has 0 atom stereocenters. The summed E-state index contributed by atoms with van der Waals surface area (Å²) in [4.78, 5) is 0. The molecule has 0 amide bonds. The highest BCUT2D eigenvalue weighted by molar-refractivity contribution is 5.42. The summed E-state index contributed by atoms with van der Waals surface area (Å²) in [5.74, 6) is 0. The van der Waals surface area contributed by atoms with E-state index < -0.39 is 0 Å². The van der Waals surface area contributed by atoms with Crippen LogP contribution in [0.2, 0.25) is 0 Å². The van der Waals surface area contributed by atoms with Gasteiger partial charge in [0.05, 0.1) is 13.2 Å². The first-order chi connectivity index (χ1) is 8.93. The van der Waals surface area contributed by atoms with Gasteiger partial charge in [0, 0.05) is 25.4 Å². The minimum absolute atomic E-state index is 0.703. The molecule has 1 N–H and O–H groups in total. The van der Waals surface area contributed by atoms with Crippen LogP contribution in [0.3, 0.4) is 0 Å². The third-order valence-corrected chi connectivity index (χ3v) is 2.58. The second-order valence-corrected chi connectivity index (χ2v) is 4.22. The van der Waals surface area contributed by atoms with Gasteiger partial charge in [0.2, 0.25) is 0 Å². The van der Waals surface area contributed by atoms with Crippen LogP contribution in [0.4, 0.5) is 5.69 Å². The number of hydrogen-bond acceptors (Lipinski definition) is 3. The van der Waals surface area contributed by atoms with Gasteiger partial charge in [-0.3, -0.25) is 0 Å². The quantitative estimate of drug-likeness (QED) is 0.612. The molecule has 1 aromatic carbocycles. The molecule has 102 valence electrons. The van der Waals surface area contributed by atoms with Gasteiger partial charge in [-0.05, 0) is 25.0 Å². The van der Waals surface area contributed by atoms with E-state index in [0.717, 1.165) is 32.6 Å². The van der Waals surface area contributed by atoms with Crippen molar-refractivity contribution in [2.75, 3.05) is 38.3 Å². The van der Waals surface area contributed by atoms with Crippen LogP contribution >= 0.6 is 0 Å². The highest BCUT2D eigenvalue weighted by atomic mass is 16.5. The first kappa shape index (κ1) is 15.0. The summed E-state index contributed by atoms with van der Waals surface area (Å²) in [7, 11) is 0. The smallest absolute Gasteiger partial charge is 0.0700 e. The van der Waals surface area contributed by atoms with E-state index in [0.29, 0.717) is 13.2 Å². The first-order valence-electron chi connectivity index (χ1n) is 6.88. The number of hydrogen-bond donors (Lipinski definition) is 1. The lowest BCUT2D eigenvalue weighted by Gasteiger charge is -2.07. The fourth-order valence-corrected chi connectivity index (χ4v) is 1.53. The van der Waals surface area contributed by atoms with E-state index in [-0.39, 0.29) is 0 Å². The molecule has 3 heteroatoms. The lowest BCUT2D eigenvalue weighted by Crippen LogP contribution is -2.09. The highest BCUT2D eigenvalue weighted by Gasteiger charge is 1.92. The fraction of sp³-hybridized carbons (Fsp3) is 0.600. The zero-order valence-electron chi connectivity index (χ0n) is 11.4. The zero-order valence-corrected chi connectivity index (χ0v) is 11.4. The lowest BCUT2D eigenvalue weighted by molar-refractivity contribution is 0.0466. The maximum Gasteiger partial charge on any atom is 0.0700 e. The van der Waals surface area contributed by atoms with Crippen LogP contribution in [0.25, 0.3) is 0 Å². The predicted octanol–water partition coefficient (Wildman–Crippen LogP) is 3.32. The SMILES string of the molecule is CCCCOCCOCCCNc1ccccc1. The zero-order chi connectivity index (χ0) is 12.9. The van der Waals surface area contributed by atoms with Crippen molar-refractivity contribution >= 4 is 5.69 Å². The molecule has 0 radical (unpaired) electrons. The molecule has 0 aliphatic carbocycles. The van der Waals surface area contributed by atoms with Crippen LogP contribution in [-0.2, 0) is 9.47 Å². The molecular weight excluding hydrogens is 226 g/mol. The second kappa shape index (κ2) is 11.1. The number of para-hydroxylation sites is 1. The Kier molecular flexibility index (Phi) is 9.21. The molecule has 0 heterocycles. The Balaban J connectivity index is 1.82. The molecule has 0 fully saturated rings. The van der Waals surface area contributed by atoms with Gasteiger partial charge in [0.1, 0.15) is 0 Å². The van der Waals surface area contributed by atoms with Crippen molar-refractivity contribution in [1.82, 2.24) is 0 Å². The summed E-state index contributed by atoms with van der Waals surface area (Å²) in [5, 5.41) is 3.35. The van der Waals surface area contributed by atoms with E-state index in [1.165, 1.54) is 12.1 Å². The average Bonchev–Trinajstić information content (AvgIpc) is 2.42. The van der Waals surface area contributed by atoms with Gasteiger partial charge in [-0.1, -0.05) is 31.5 Å². The summed E-state index contributed by atoms with van der Waals surface area (Å²) in [6.07, 6.45) is 3.34. The first-order valence-corrected chi connectivity index (χ1v) is 6.88. The standard InChI is InChI=1S/C15H25NO2/c1-2-3-11-17-13-14-18-12-7-10-16-15-8-5-4-6-9-15/h4-6,8-9,16H,2-3,7,10-14H2,1H3. The molecule has 0 aliphatic rings. The van der Waals surface area contributed by atoms with Crippen LogP contribution in [0, 0.1) is 0 Å². The number of rotatable bonds is 11. The summed E-state index contributed by atoms with van der Waals surface area (Å²) in [6.45, 7) is 6.17. The van der Waals surface area contributed by atoms with Crippen molar-refractivity contribution in [2.24, 2.45) is 0 Å². The predicted molar refractivity (Wildman–Crippen MR) is 76.1 cm³/mol. The maximum absolute atomic E-state index is 5.49. The topological polar surface area (TPSA) is 30.5 Å². The largest absolute Gasteiger partial charge is 0.385 e. The Bertz CT molecular complexity index is 277. The van der Waals surface area contributed by atoms with Crippen molar-refractivity contribution in [1.29, 1.82) is 0 Å². The molecule has 0 saturated heterocycles. The maximum atomic E-state index is 5.49. The number of nitrogens with one attached hydrogen (secondary N) is 1. The molecule has 0 aromatic heterocycles. The van der Waals surface area contributed by atoms with E-state index in [2.05, 4.69) is 24.4 Å². The number of unbranched alkanes of at least 4 members (excludes halogenated alkanes) is 1. The number of benzene rings is 1. The van der Waals surface area contributed by atoms with Crippen molar-refractivity contribution in [3.63, 3.8) is 0 Å². The van der Waals surface area contributed by atoms with Crippen LogP contribution in [0.15, 0.2) is 30.3 Å². The Morgan fingerprint density at radius 3 is 2.22 bits per heavy atom. The molecular formula is C15H25NO2. The van der Waals surface area contributed by atoms with Gasteiger partial charge >= 0.3 is 0 Å². The molecule has 0 aliphatic heterocycles. The third-order valence-electron chi connectivity index (χ3n) is 2.58. The van der Waals surface area contributed by atoms with Gasteiger partial charge in [-0.2, -0.15) is 0 Å². The highest BCUT2D eigenvalue weighted by Crippen LogP contribution is 2.04. The molecule has 1 rings (SSSR count). The molecule has 3 nitrogen and oxygen atoms in total. The van der Waals surface area contributed by atoms with E-state index >= 15 is 0 Å². The van der Waals surface area contributed by atoms with Gasteiger partial charge in [0.25, 0.3) is 0 Å². The summed E-state index contributed by atoms with van der Waals surface area (Å²) < 4.78 is 10.9. The van der Waals surface area contributed by atoms with Gasteiger partial charge < -0.3 is 14.8 Å². The van der Waals surface area contributed by atoms with Gasteiger partial charge in [0.15, 0.2) is 0 Å². The molecule has 18 heavy (non-hydrogen) atoms. The minimum Gasteiger partial charge on any atom is -0.385 e. The minimum atomic E-state index is 0.703. The van der Waals surface area contributed by atoms with E-state index in [9.17, 15) is 0 Å². The van der Waals surface area contributed by atoms with Gasteiger partial charge in [-0.15, -0.1) is 0 Å². The monoisotopic (exact) mass is 251 g/mol. The van der Waals surface area contributed by atoms with Crippen LogP contribution < -0.4 is 5.32 Å². The fourth-order valence-electron chi connectivity index (χ4n) is 1.53. The Labute approximate surface area is 110 Å². The summed E-state index contributed by atoms with van der Waals surface area (Å²) >= 11 is 0. The van der Waals surface area contributed by atoms with Crippen molar-refractivity contribution in [3.8, 4) is 0 Å². The van der Waals surface area contributed by atoms with Crippen LogP contribution in [-0.4, -0.2) is 33.0 Å². The van der Waals surface area contributed by atoms with E-state index in [1.54, 1.807) is 0 Å². The van der Waals surface area contributed by atoms with Crippen molar-refractivity contribution in [3.05, 3.63) is 30.3 Å².